The van der Waals surface area contributed by atoms with Gasteiger partial charge in [0.15, 0.2) is 0 Å². The van der Waals surface area contributed by atoms with Gasteiger partial charge in [0.25, 0.3) is 0 Å². The Labute approximate surface area is 116 Å². The van der Waals surface area contributed by atoms with Gasteiger partial charge in [-0.05, 0) is 37.3 Å². The minimum atomic E-state index is 0.600. The third-order valence-corrected chi connectivity index (χ3v) is 4.61. The molecule has 2 atom stereocenters. The predicted octanol–water partition coefficient (Wildman–Crippen LogP) is 4.75. The van der Waals surface area contributed by atoms with Crippen LogP contribution in [0.3, 0.4) is 0 Å². The van der Waals surface area contributed by atoms with Crippen LogP contribution in [0.4, 0.5) is 5.69 Å². The van der Waals surface area contributed by atoms with Crippen LogP contribution < -0.4 is 4.90 Å². The van der Waals surface area contributed by atoms with Crippen LogP contribution >= 0.6 is 11.6 Å². The second-order valence-corrected chi connectivity index (χ2v) is 5.97. The van der Waals surface area contributed by atoms with Gasteiger partial charge in [-0.1, -0.05) is 37.5 Å². The van der Waals surface area contributed by atoms with Gasteiger partial charge in [-0.25, -0.2) is 0 Å². The fourth-order valence-corrected chi connectivity index (χ4v) is 3.43. The fraction of sp³-hybridized carbons (Fsp3) is 0.625. The second kappa shape index (κ2) is 5.97. The molecular weight excluding hydrogens is 242 g/mol. The average Bonchev–Trinajstić information content (AvgIpc) is 2.38. The lowest BCUT2D eigenvalue weighted by molar-refractivity contribution is 0.321. The molecular formula is C16H24ClN. The number of hydrogen-bond donors (Lipinski definition) is 0. The Morgan fingerprint density at radius 3 is 2.67 bits per heavy atom. The fourth-order valence-electron chi connectivity index (χ4n) is 3.22. The van der Waals surface area contributed by atoms with Crippen LogP contribution in [-0.2, 0) is 5.88 Å². The molecule has 2 heteroatoms. The first-order chi connectivity index (χ1) is 8.63. The van der Waals surface area contributed by atoms with E-state index < -0.39 is 0 Å². The summed E-state index contributed by atoms with van der Waals surface area (Å²) in [6.07, 6.45) is 5.42. The number of benzene rings is 1. The van der Waals surface area contributed by atoms with Crippen LogP contribution in [0.25, 0.3) is 0 Å². The van der Waals surface area contributed by atoms with Crippen LogP contribution in [0.15, 0.2) is 18.2 Å². The molecule has 1 aliphatic rings. The largest absolute Gasteiger partial charge is 0.371 e. The Balaban J connectivity index is 2.24. The summed E-state index contributed by atoms with van der Waals surface area (Å²) in [6.45, 7) is 4.51. The normalized spacial score (nSPS) is 24.0. The van der Waals surface area contributed by atoms with Crippen molar-refractivity contribution in [2.75, 3.05) is 11.9 Å². The van der Waals surface area contributed by atoms with E-state index in [1.807, 2.05) is 0 Å². The average molecular weight is 266 g/mol. The molecule has 1 aliphatic carbocycles. The SMILES string of the molecule is Cc1ccc(N(C)C2CCCCC2C)c(CCl)c1. The van der Waals surface area contributed by atoms with Gasteiger partial charge in [0, 0.05) is 24.7 Å². The van der Waals surface area contributed by atoms with E-state index in [1.165, 1.54) is 42.5 Å². The molecule has 0 aliphatic heterocycles. The zero-order valence-corrected chi connectivity index (χ0v) is 12.5. The van der Waals surface area contributed by atoms with Gasteiger partial charge in [-0.3, -0.25) is 0 Å². The van der Waals surface area contributed by atoms with Crippen LogP contribution in [0.2, 0.25) is 0 Å². The number of nitrogens with zero attached hydrogens (tertiary/aromatic N) is 1. The van der Waals surface area contributed by atoms with Gasteiger partial charge >= 0.3 is 0 Å². The Morgan fingerprint density at radius 1 is 1.28 bits per heavy atom. The Kier molecular flexibility index (Phi) is 4.55. The molecule has 1 aromatic carbocycles. The van der Waals surface area contributed by atoms with E-state index in [-0.39, 0.29) is 0 Å². The molecule has 2 rings (SSSR count). The summed E-state index contributed by atoms with van der Waals surface area (Å²) in [5, 5.41) is 0. The van der Waals surface area contributed by atoms with E-state index in [2.05, 4.69) is 44.0 Å². The van der Waals surface area contributed by atoms with Gasteiger partial charge < -0.3 is 4.90 Å². The van der Waals surface area contributed by atoms with Crippen molar-refractivity contribution in [3.8, 4) is 0 Å². The molecule has 100 valence electrons. The van der Waals surface area contributed by atoms with Crippen LogP contribution in [0.5, 0.6) is 0 Å². The Morgan fingerprint density at radius 2 is 2.00 bits per heavy atom. The van der Waals surface area contributed by atoms with Gasteiger partial charge in [0.1, 0.15) is 0 Å². The highest BCUT2D eigenvalue weighted by atomic mass is 35.5. The molecule has 18 heavy (non-hydrogen) atoms. The molecule has 0 radical (unpaired) electrons. The summed E-state index contributed by atoms with van der Waals surface area (Å²) in [5.41, 5.74) is 3.87. The van der Waals surface area contributed by atoms with Crippen LogP contribution in [-0.4, -0.2) is 13.1 Å². The summed E-state index contributed by atoms with van der Waals surface area (Å²) in [7, 11) is 2.23. The first-order valence-corrected chi connectivity index (χ1v) is 7.55. The van der Waals surface area contributed by atoms with Crippen LogP contribution in [0, 0.1) is 12.8 Å². The molecule has 1 aromatic rings. The lowest BCUT2D eigenvalue weighted by Gasteiger charge is -2.38. The van der Waals surface area contributed by atoms with Crippen molar-refractivity contribution < 1.29 is 0 Å². The number of rotatable bonds is 3. The number of halogens is 1. The van der Waals surface area contributed by atoms with Crippen molar-refractivity contribution in [2.24, 2.45) is 5.92 Å². The maximum Gasteiger partial charge on any atom is 0.0494 e. The van der Waals surface area contributed by atoms with E-state index in [4.69, 9.17) is 11.6 Å². The van der Waals surface area contributed by atoms with Crippen molar-refractivity contribution >= 4 is 17.3 Å². The highest BCUT2D eigenvalue weighted by Gasteiger charge is 2.26. The number of aryl methyl sites for hydroxylation is 1. The van der Waals surface area contributed by atoms with Crippen molar-refractivity contribution in [1.82, 2.24) is 0 Å². The summed E-state index contributed by atoms with van der Waals surface area (Å²) in [5.74, 6) is 1.39. The minimum absolute atomic E-state index is 0.600. The summed E-state index contributed by atoms with van der Waals surface area (Å²) >= 11 is 6.10. The monoisotopic (exact) mass is 265 g/mol. The maximum atomic E-state index is 6.10. The first kappa shape index (κ1) is 13.7. The van der Waals surface area contributed by atoms with Gasteiger partial charge in [-0.2, -0.15) is 0 Å². The van der Waals surface area contributed by atoms with Crippen LogP contribution in [0.1, 0.15) is 43.7 Å². The molecule has 1 fully saturated rings. The zero-order chi connectivity index (χ0) is 13.1. The molecule has 0 aromatic heterocycles. The second-order valence-electron chi connectivity index (χ2n) is 5.71. The van der Waals surface area contributed by atoms with E-state index in [0.29, 0.717) is 11.9 Å². The molecule has 0 saturated heterocycles. The van der Waals surface area contributed by atoms with E-state index >= 15 is 0 Å². The molecule has 0 spiro atoms. The molecule has 1 nitrogen and oxygen atoms in total. The lowest BCUT2D eigenvalue weighted by atomic mass is 9.84. The minimum Gasteiger partial charge on any atom is -0.371 e. The first-order valence-electron chi connectivity index (χ1n) is 7.02. The number of anilines is 1. The van der Waals surface area contributed by atoms with Crippen molar-refractivity contribution in [3.05, 3.63) is 29.3 Å². The van der Waals surface area contributed by atoms with Gasteiger partial charge in [0.05, 0.1) is 0 Å². The Hall–Kier alpha value is -0.690. The molecule has 2 unspecified atom stereocenters. The van der Waals surface area contributed by atoms with E-state index in [9.17, 15) is 0 Å². The number of hydrogen-bond acceptors (Lipinski definition) is 1. The van der Waals surface area contributed by atoms with E-state index in [1.54, 1.807) is 0 Å². The number of alkyl halides is 1. The molecule has 0 heterocycles. The third kappa shape index (κ3) is 2.83. The summed E-state index contributed by atoms with van der Waals surface area (Å²) < 4.78 is 0. The predicted molar refractivity (Wildman–Crippen MR) is 80.6 cm³/mol. The standard InChI is InChI=1S/C16H24ClN/c1-12-8-9-16(14(10-12)11-17)18(3)15-7-5-4-6-13(15)2/h8-10,13,15H,4-7,11H2,1-3H3. The van der Waals surface area contributed by atoms with E-state index in [0.717, 1.165) is 5.92 Å². The topological polar surface area (TPSA) is 3.24 Å². The third-order valence-electron chi connectivity index (χ3n) is 4.32. The highest BCUT2D eigenvalue weighted by molar-refractivity contribution is 6.17. The zero-order valence-electron chi connectivity index (χ0n) is 11.7. The molecule has 0 amide bonds. The quantitative estimate of drug-likeness (QED) is 0.713. The Bertz CT molecular complexity index is 402. The maximum absolute atomic E-state index is 6.10. The van der Waals surface area contributed by atoms with Crippen molar-refractivity contribution in [3.63, 3.8) is 0 Å². The smallest absolute Gasteiger partial charge is 0.0494 e. The molecule has 0 bridgehead atoms. The molecule has 1 saturated carbocycles. The van der Waals surface area contributed by atoms with Crippen molar-refractivity contribution in [1.29, 1.82) is 0 Å². The van der Waals surface area contributed by atoms with Gasteiger partial charge in [0.2, 0.25) is 0 Å². The molecule has 0 N–H and O–H groups in total. The van der Waals surface area contributed by atoms with Gasteiger partial charge in [-0.15, -0.1) is 11.6 Å². The lowest BCUT2D eigenvalue weighted by Crippen LogP contribution is -2.39. The summed E-state index contributed by atoms with van der Waals surface area (Å²) in [6, 6.07) is 7.30. The summed E-state index contributed by atoms with van der Waals surface area (Å²) in [4.78, 5) is 2.46. The highest BCUT2D eigenvalue weighted by Crippen LogP contribution is 2.32. The van der Waals surface area contributed by atoms with Crippen molar-refractivity contribution in [2.45, 2.75) is 51.5 Å².